The molecule has 0 fully saturated rings. The average molecular weight is 374 g/mol. The van der Waals surface area contributed by atoms with E-state index in [1.165, 1.54) is 10.4 Å². The van der Waals surface area contributed by atoms with Gasteiger partial charge < -0.3 is 5.32 Å². The van der Waals surface area contributed by atoms with E-state index in [-0.39, 0.29) is 11.9 Å². The van der Waals surface area contributed by atoms with Crippen molar-refractivity contribution in [2.45, 2.75) is 39.2 Å². The van der Waals surface area contributed by atoms with Crippen LogP contribution in [-0.2, 0) is 12.8 Å². The highest BCUT2D eigenvalue weighted by atomic mass is 32.1. The largest absolute Gasteiger partial charge is 0.355 e. The van der Waals surface area contributed by atoms with E-state index < -0.39 is 0 Å². The maximum absolute atomic E-state index is 12.5. The van der Waals surface area contributed by atoms with Crippen LogP contribution in [0.5, 0.6) is 0 Å². The number of hydrogen-bond donors (Lipinski definition) is 3. The van der Waals surface area contributed by atoms with Crippen LogP contribution in [0, 0.1) is 5.92 Å². The summed E-state index contributed by atoms with van der Waals surface area (Å²) in [4.78, 5) is 13.8. The van der Waals surface area contributed by atoms with E-state index in [0.717, 1.165) is 30.4 Å². The zero-order valence-corrected chi connectivity index (χ0v) is 16.1. The van der Waals surface area contributed by atoms with E-state index in [1.54, 1.807) is 11.3 Å². The van der Waals surface area contributed by atoms with Crippen LogP contribution in [0.25, 0.3) is 0 Å². The van der Waals surface area contributed by atoms with E-state index in [2.05, 4.69) is 23.1 Å². The fraction of sp³-hybridized carbons (Fsp3) is 0.368. The van der Waals surface area contributed by atoms with Crippen molar-refractivity contribution in [2.24, 2.45) is 5.92 Å². The molecular weight excluding hydrogens is 350 g/mol. The fourth-order valence-corrected chi connectivity index (χ4v) is 4.58. The molecule has 1 amide bonds. The predicted molar refractivity (Wildman–Crippen MR) is 107 cm³/mol. The third-order valence-corrected chi connectivity index (χ3v) is 5.85. The Balaban J connectivity index is 1.53. The van der Waals surface area contributed by atoms with E-state index in [4.69, 9.17) is 12.2 Å². The van der Waals surface area contributed by atoms with Crippen LogP contribution in [0.2, 0.25) is 0 Å². The van der Waals surface area contributed by atoms with Crippen LogP contribution in [0.1, 0.15) is 52.7 Å². The Labute approximate surface area is 158 Å². The number of carbonyl (C=O) groups excluding carboxylic acids is 1. The van der Waals surface area contributed by atoms with E-state index in [0.29, 0.717) is 11.0 Å². The Morgan fingerprint density at radius 1 is 1.28 bits per heavy atom. The van der Waals surface area contributed by atoms with Gasteiger partial charge in [-0.2, -0.15) is 0 Å². The SMILES string of the molecule is C[C@@H]1CCc2c(C(=O)NNC(=S)N[C@H](C)c3ccccc3)csc2C1. The summed E-state index contributed by atoms with van der Waals surface area (Å²) in [5.74, 6) is 0.583. The molecule has 0 spiro atoms. The average Bonchev–Trinajstić information content (AvgIpc) is 3.03. The van der Waals surface area contributed by atoms with E-state index in [9.17, 15) is 4.79 Å². The molecule has 1 aliphatic rings. The summed E-state index contributed by atoms with van der Waals surface area (Å²) in [6.07, 6.45) is 3.21. The van der Waals surface area contributed by atoms with Gasteiger partial charge in [-0.1, -0.05) is 37.3 Å². The lowest BCUT2D eigenvalue weighted by Crippen LogP contribution is -2.47. The van der Waals surface area contributed by atoms with Crippen LogP contribution in [0.4, 0.5) is 0 Å². The number of thiophene rings is 1. The quantitative estimate of drug-likeness (QED) is 0.567. The van der Waals surface area contributed by atoms with Gasteiger partial charge in [0.25, 0.3) is 5.91 Å². The molecule has 25 heavy (non-hydrogen) atoms. The minimum Gasteiger partial charge on any atom is -0.355 e. The predicted octanol–water partition coefficient (Wildman–Crippen LogP) is 3.74. The second kappa shape index (κ2) is 7.97. The van der Waals surface area contributed by atoms with Gasteiger partial charge in [-0.3, -0.25) is 15.6 Å². The van der Waals surface area contributed by atoms with Crippen molar-refractivity contribution >= 4 is 34.6 Å². The van der Waals surface area contributed by atoms with Gasteiger partial charge in [-0.05, 0) is 55.4 Å². The first kappa shape index (κ1) is 17.9. The molecule has 1 aromatic carbocycles. The molecule has 1 heterocycles. The highest BCUT2D eigenvalue weighted by molar-refractivity contribution is 7.80. The van der Waals surface area contributed by atoms with Gasteiger partial charge in [0.15, 0.2) is 5.11 Å². The molecule has 3 rings (SSSR count). The van der Waals surface area contributed by atoms with Crippen molar-refractivity contribution in [2.75, 3.05) is 0 Å². The number of hydrazine groups is 1. The van der Waals surface area contributed by atoms with Crippen LogP contribution in [-0.4, -0.2) is 11.0 Å². The standard InChI is InChI=1S/C19H23N3OS2/c1-12-8-9-15-16(11-25-17(15)10-12)18(23)21-22-19(24)20-13(2)14-6-4-3-5-7-14/h3-7,11-13H,8-10H2,1-2H3,(H,21,23)(H2,20,22,24)/t12-,13-/m1/s1. The van der Waals surface area contributed by atoms with Crippen LogP contribution in [0.3, 0.4) is 0 Å². The molecule has 2 atom stereocenters. The summed E-state index contributed by atoms with van der Waals surface area (Å²) in [5, 5.41) is 5.54. The Bertz CT molecular complexity index is 757. The smallest absolute Gasteiger partial charge is 0.270 e. The van der Waals surface area contributed by atoms with E-state index in [1.807, 2.05) is 42.6 Å². The van der Waals surface area contributed by atoms with Crippen molar-refractivity contribution < 1.29 is 4.79 Å². The molecular formula is C19H23N3OS2. The second-order valence-corrected chi connectivity index (χ2v) is 7.96. The minimum atomic E-state index is -0.122. The monoisotopic (exact) mass is 373 g/mol. The van der Waals surface area contributed by atoms with Gasteiger partial charge in [0.2, 0.25) is 0 Å². The summed E-state index contributed by atoms with van der Waals surface area (Å²) in [6, 6.07) is 10.1. The van der Waals surface area contributed by atoms with Gasteiger partial charge in [0.05, 0.1) is 11.6 Å². The first-order valence-electron chi connectivity index (χ1n) is 8.55. The Kier molecular flexibility index (Phi) is 5.71. The van der Waals surface area contributed by atoms with Crippen molar-refractivity contribution in [1.82, 2.24) is 16.2 Å². The van der Waals surface area contributed by atoms with Crippen molar-refractivity contribution in [3.05, 3.63) is 57.3 Å². The van der Waals surface area contributed by atoms with Gasteiger partial charge >= 0.3 is 0 Å². The lowest BCUT2D eigenvalue weighted by Gasteiger charge is -2.20. The highest BCUT2D eigenvalue weighted by Gasteiger charge is 2.23. The molecule has 1 aromatic heterocycles. The van der Waals surface area contributed by atoms with Gasteiger partial charge in [0, 0.05) is 10.3 Å². The molecule has 0 radical (unpaired) electrons. The zero-order valence-electron chi connectivity index (χ0n) is 14.5. The number of carbonyl (C=O) groups is 1. The third-order valence-electron chi connectivity index (χ3n) is 4.58. The molecule has 3 N–H and O–H groups in total. The molecule has 0 unspecified atom stereocenters. The topological polar surface area (TPSA) is 53.2 Å². The third kappa shape index (κ3) is 4.38. The van der Waals surface area contributed by atoms with Gasteiger partial charge in [-0.15, -0.1) is 11.3 Å². The number of rotatable bonds is 3. The van der Waals surface area contributed by atoms with Crippen molar-refractivity contribution in [3.8, 4) is 0 Å². The number of nitrogens with one attached hydrogen (secondary N) is 3. The molecule has 4 nitrogen and oxygen atoms in total. The van der Waals surface area contributed by atoms with Crippen molar-refractivity contribution in [1.29, 1.82) is 0 Å². The molecule has 0 bridgehead atoms. The Morgan fingerprint density at radius 2 is 2.04 bits per heavy atom. The molecule has 1 aliphatic carbocycles. The number of benzene rings is 1. The van der Waals surface area contributed by atoms with Crippen molar-refractivity contribution in [3.63, 3.8) is 0 Å². The number of hydrogen-bond acceptors (Lipinski definition) is 3. The molecule has 0 aliphatic heterocycles. The molecule has 0 saturated carbocycles. The number of fused-ring (bicyclic) bond motifs is 1. The highest BCUT2D eigenvalue weighted by Crippen LogP contribution is 2.32. The summed E-state index contributed by atoms with van der Waals surface area (Å²) in [6.45, 7) is 4.30. The normalized spacial score (nSPS) is 17.3. The first-order chi connectivity index (χ1) is 12.0. The van der Waals surface area contributed by atoms with Crippen LogP contribution in [0.15, 0.2) is 35.7 Å². The summed E-state index contributed by atoms with van der Waals surface area (Å²) < 4.78 is 0. The summed E-state index contributed by atoms with van der Waals surface area (Å²) in [7, 11) is 0. The van der Waals surface area contributed by atoms with Crippen LogP contribution < -0.4 is 16.2 Å². The van der Waals surface area contributed by atoms with Gasteiger partial charge in [-0.25, -0.2) is 0 Å². The zero-order chi connectivity index (χ0) is 17.8. The molecule has 6 heteroatoms. The summed E-state index contributed by atoms with van der Waals surface area (Å²) in [5.41, 5.74) is 8.65. The molecule has 0 saturated heterocycles. The van der Waals surface area contributed by atoms with E-state index >= 15 is 0 Å². The maximum Gasteiger partial charge on any atom is 0.270 e. The maximum atomic E-state index is 12.5. The molecule has 132 valence electrons. The first-order valence-corrected chi connectivity index (χ1v) is 9.84. The Hall–Kier alpha value is -1.92. The lowest BCUT2D eigenvalue weighted by molar-refractivity contribution is 0.0942. The second-order valence-electron chi connectivity index (χ2n) is 6.58. The lowest BCUT2D eigenvalue weighted by atomic mass is 9.88. The molecule has 2 aromatic rings. The Morgan fingerprint density at radius 3 is 2.80 bits per heavy atom. The number of amides is 1. The van der Waals surface area contributed by atoms with Gasteiger partial charge in [0.1, 0.15) is 0 Å². The summed E-state index contributed by atoms with van der Waals surface area (Å²) >= 11 is 6.97. The fourth-order valence-electron chi connectivity index (χ4n) is 3.11. The van der Waals surface area contributed by atoms with Crippen LogP contribution >= 0.6 is 23.6 Å². The minimum absolute atomic E-state index is 0.0634. The number of thiocarbonyl (C=S) groups is 1.